The van der Waals surface area contributed by atoms with Crippen LogP contribution in [-0.2, 0) is 0 Å². The van der Waals surface area contributed by atoms with Crippen LogP contribution in [0.1, 0.15) is 35.9 Å². The van der Waals surface area contributed by atoms with Crippen molar-refractivity contribution >= 4 is 11.7 Å². The van der Waals surface area contributed by atoms with Crippen molar-refractivity contribution in [3.05, 3.63) is 53.9 Å². The Kier molecular flexibility index (Phi) is 4.61. The van der Waals surface area contributed by atoms with Gasteiger partial charge in [-0.2, -0.15) is 10.2 Å². The summed E-state index contributed by atoms with van der Waals surface area (Å²) in [5.74, 6) is 0.927. The molecule has 2 aliphatic heterocycles. The number of hydrogen-bond donors (Lipinski definition) is 2. The van der Waals surface area contributed by atoms with Crippen molar-refractivity contribution < 1.29 is 4.79 Å². The number of carbonyl (C=O) groups excluding carboxylic acids is 1. The summed E-state index contributed by atoms with van der Waals surface area (Å²) in [4.78, 5) is 14.1. The smallest absolute Gasteiger partial charge is 0.321 e. The number of benzene rings is 1. The van der Waals surface area contributed by atoms with Crippen LogP contribution in [0.5, 0.6) is 0 Å². The van der Waals surface area contributed by atoms with Gasteiger partial charge in [0, 0.05) is 30.9 Å². The minimum absolute atomic E-state index is 0.0465. The van der Waals surface area contributed by atoms with E-state index in [0.29, 0.717) is 24.9 Å². The highest BCUT2D eigenvalue weighted by molar-refractivity contribution is 5.90. The van der Waals surface area contributed by atoms with Gasteiger partial charge in [-0.15, -0.1) is 0 Å². The SMILES string of the molecule is O=C(Nc1ccc(C2CCNCC2)cc1)N1CC(c2cccnn2)C1. The minimum Gasteiger partial charge on any atom is -0.323 e. The Morgan fingerprint density at radius 3 is 2.52 bits per heavy atom. The second kappa shape index (κ2) is 7.19. The predicted molar refractivity (Wildman–Crippen MR) is 96.7 cm³/mol. The van der Waals surface area contributed by atoms with Crippen LogP contribution in [0.4, 0.5) is 10.5 Å². The quantitative estimate of drug-likeness (QED) is 0.903. The Labute approximate surface area is 147 Å². The third-order valence-electron chi connectivity index (χ3n) is 5.15. The van der Waals surface area contributed by atoms with Gasteiger partial charge in [0.25, 0.3) is 0 Å². The Balaban J connectivity index is 1.30. The average Bonchev–Trinajstić information content (AvgIpc) is 2.63. The third-order valence-corrected chi connectivity index (χ3v) is 5.15. The normalized spacial score (nSPS) is 18.6. The Morgan fingerprint density at radius 2 is 1.84 bits per heavy atom. The lowest BCUT2D eigenvalue weighted by Gasteiger charge is -2.38. The van der Waals surface area contributed by atoms with Gasteiger partial charge in [-0.25, -0.2) is 4.79 Å². The van der Waals surface area contributed by atoms with Crippen LogP contribution in [-0.4, -0.2) is 47.3 Å². The zero-order chi connectivity index (χ0) is 17.1. The van der Waals surface area contributed by atoms with Crippen LogP contribution in [0.15, 0.2) is 42.6 Å². The van der Waals surface area contributed by atoms with Crippen LogP contribution in [0.3, 0.4) is 0 Å². The van der Waals surface area contributed by atoms with Gasteiger partial charge in [-0.3, -0.25) is 0 Å². The summed E-state index contributed by atoms with van der Waals surface area (Å²) >= 11 is 0. The molecule has 6 nitrogen and oxygen atoms in total. The molecule has 0 unspecified atom stereocenters. The number of amides is 2. The summed E-state index contributed by atoms with van der Waals surface area (Å²) in [5, 5.41) is 14.4. The highest BCUT2D eigenvalue weighted by Gasteiger charge is 2.32. The molecule has 0 saturated carbocycles. The van der Waals surface area contributed by atoms with Crippen LogP contribution in [0.25, 0.3) is 0 Å². The molecule has 1 aromatic heterocycles. The molecular formula is C19H23N5O. The molecule has 2 aliphatic rings. The molecule has 130 valence electrons. The number of anilines is 1. The number of piperidine rings is 1. The summed E-state index contributed by atoms with van der Waals surface area (Å²) in [5.41, 5.74) is 3.18. The number of aromatic nitrogens is 2. The average molecular weight is 337 g/mol. The molecule has 0 bridgehead atoms. The van der Waals surface area contributed by atoms with E-state index in [9.17, 15) is 4.79 Å². The molecule has 1 aromatic carbocycles. The summed E-state index contributed by atoms with van der Waals surface area (Å²) in [7, 11) is 0. The summed E-state index contributed by atoms with van der Waals surface area (Å²) in [6.07, 6.45) is 4.03. The van der Waals surface area contributed by atoms with Gasteiger partial charge < -0.3 is 15.5 Å². The summed E-state index contributed by atoms with van der Waals surface area (Å²) in [6, 6.07) is 12.1. The van der Waals surface area contributed by atoms with E-state index in [2.05, 4.69) is 33.0 Å². The molecule has 2 aromatic rings. The zero-order valence-corrected chi connectivity index (χ0v) is 14.2. The maximum Gasteiger partial charge on any atom is 0.321 e. The van der Waals surface area contributed by atoms with Crippen LogP contribution >= 0.6 is 0 Å². The van der Waals surface area contributed by atoms with Gasteiger partial charge in [0.1, 0.15) is 0 Å². The number of carbonyl (C=O) groups is 1. The fourth-order valence-electron chi connectivity index (χ4n) is 3.56. The first kappa shape index (κ1) is 16.0. The number of rotatable bonds is 3. The molecule has 2 amide bonds. The zero-order valence-electron chi connectivity index (χ0n) is 14.2. The Hall–Kier alpha value is -2.47. The van der Waals surface area contributed by atoms with Gasteiger partial charge in [-0.1, -0.05) is 12.1 Å². The first-order valence-corrected chi connectivity index (χ1v) is 8.94. The van der Waals surface area contributed by atoms with E-state index in [1.807, 2.05) is 24.3 Å². The molecule has 4 rings (SSSR count). The van der Waals surface area contributed by atoms with Crippen molar-refractivity contribution in [2.24, 2.45) is 0 Å². The molecule has 0 atom stereocenters. The minimum atomic E-state index is -0.0465. The molecule has 0 radical (unpaired) electrons. The second-order valence-electron chi connectivity index (χ2n) is 6.83. The van der Waals surface area contributed by atoms with Gasteiger partial charge >= 0.3 is 6.03 Å². The summed E-state index contributed by atoms with van der Waals surface area (Å²) < 4.78 is 0. The van der Waals surface area contributed by atoms with Gasteiger partial charge in [-0.05, 0) is 61.7 Å². The Bertz CT molecular complexity index is 706. The van der Waals surface area contributed by atoms with E-state index in [4.69, 9.17) is 0 Å². The monoisotopic (exact) mass is 337 g/mol. The van der Waals surface area contributed by atoms with Crippen LogP contribution in [0.2, 0.25) is 0 Å². The standard InChI is InChI=1S/C19H23N5O/c25-19(24-12-16(13-24)18-2-1-9-21-23-18)22-17-5-3-14(4-6-17)15-7-10-20-11-8-15/h1-6,9,15-16,20H,7-8,10-13H2,(H,22,25). The van der Waals surface area contributed by atoms with Crippen molar-refractivity contribution in [2.45, 2.75) is 24.7 Å². The van der Waals surface area contributed by atoms with E-state index in [1.54, 1.807) is 11.1 Å². The first-order valence-electron chi connectivity index (χ1n) is 8.94. The number of urea groups is 1. The van der Waals surface area contributed by atoms with Crippen molar-refractivity contribution in [2.75, 3.05) is 31.5 Å². The van der Waals surface area contributed by atoms with E-state index < -0.39 is 0 Å². The number of likely N-dealkylation sites (tertiary alicyclic amines) is 1. The third kappa shape index (κ3) is 3.64. The molecule has 3 heterocycles. The molecule has 6 heteroatoms. The van der Waals surface area contributed by atoms with Crippen LogP contribution < -0.4 is 10.6 Å². The van der Waals surface area contributed by atoms with Crippen molar-refractivity contribution in [3.63, 3.8) is 0 Å². The van der Waals surface area contributed by atoms with Crippen molar-refractivity contribution in [1.82, 2.24) is 20.4 Å². The molecule has 2 N–H and O–H groups in total. The molecule has 2 saturated heterocycles. The highest BCUT2D eigenvalue weighted by Crippen LogP contribution is 2.28. The lowest BCUT2D eigenvalue weighted by atomic mass is 9.90. The molecule has 25 heavy (non-hydrogen) atoms. The summed E-state index contributed by atoms with van der Waals surface area (Å²) in [6.45, 7) is 3.56. The van der Waals surface area contributed by atoms with Gasteiger partial charge in [0.2, 0.25) is 0 Å². The van der Waals surface area contributed by atoms with Crippen molar-refractivity contribution in [3.8, 4) is 0 Å². The van der Waals surface area contributed by atoms with E-state index in [-0.39, 0.29) is 6.03 Å². The lowest BCUT2D eigenvalue weighted by Crippen LogP contribution is -2.50. The maximum atomic E-state index is 12.3. The lowest BCUT2D eigenvalue weighted by molar-refractivity contribution is 0.162. The van der Waals surface area contributed by atoms with Gasteiger partial charge in [0.05, 0.1) is 5.69 Å². The topological polar surface area (TPSA) is 70.2 Å². The van der Waals surface area contributed by atoms with E-state index in [0.717, 1.165) is 24.5 Å². The fraction of sp³-hybridized carbons (Fsp3) is 0.421. The fourth-order valence-corrected chi connectivity index (χ4v) is 3.56. The number of nitrogens with one attached hydrogen (secondary N) is 2. The van der Waals surface area contributed by atoms with E-state index in [1.165, 1.54) is 18.4 Å². The number of nitrogens with zero attached hydrogens (tertiary/aromatic N) is 3. The van der Waals surface area contributed by atoms with Gasteiger partial charge in [0.15, 0.2) is 0 Å². The molecule has 2 fully saturated rings. The van der Waals surface area contributed by atoms with E-state index >= 15 is 0 Å². The second-order valence-corrected chi connectivity index (χ2v) is 6.83. The predicted octanol–water partition coefficient (Wildman–Crippen LogP) is 2.57. The molecule has 0 spiro atoms. The molecule has 0 aliphatic carbocycles. The molecular weight excluding hydrogens is 314 g/mol. The Morgan fingerprint density at radius 1 is 1.08 bits per heavy atom. The first-order chi connectivity index (χ1) is 12.3. The maximum absolute atomic E-state index is 12.3. The largest absolute Gasteiger partial charge is 0.323 e. The number of hydrogen-bond acceptors (Lipinski definition) is 4. The van der Waals surface area contributed by atoms with Crippen molar-refractivity contribution in [1.29, 1.82) is 0 Å². The van der Waals surface area contributed by atoms with Crippen LogP contribution in [0, 0.1) is 0 Å². The highest BCUT2D eigenvalue weighted by atomic mass is 16.2.